The molecule has 1 saturated carbocycles. The lowest BCUT2D eigenvalue weighted by Gasteiger charge is -2.30. The van der Waals surface area contributed by atoms with Crippen molar-refractivity contribution in [1.82, 2.24) is 10.2 Å². The summed E-state index contributed by atoms with van der Waals surface area (Å²) in [6.07, 6.45) is 5.84. The second-order valence-corrected chi connectivity index (χ2v) is 8.40. The molecule has 3 rings (SSSR count). The molecule has 3 amide bonds. The molecule has 8 heteroatoms. The maximum atomic E-state index is 12.8. The molecule has 2 aliphatic rings. The van der Waals surface area contributed by atoms with Crippen LogP contribution in [0.2, 0.25) is 0 Å². The zero-order valence-electron chi connectivity index (χ0n) is 17.5. The van der Waals surface area contributed by atoms with E-state index in [2.05, 4.69) is 17.6 Å². The van der Waals surface area contributed by atoms with Crippen molar-refractivity contribution in [1.29, 1.82) is 0 Å². The number of carbonyl (C=O) groups is 3. The predicted octanol–water partition coefficient (Wildman–Crippen LogP) is -0.182. The minimum atomic E-state index is -0.719. The van der Waals surface area contributed by atoms with Gasteiger partial charge in [-0.05, 0) is 43.7 Å². The van der Waals surface area contributed by atoms with Crippen molar-refractivity contribution in [3.63, 3.8) is 0 Å². The summed E-state index contributed by atoms with van der Waals surface area (Å²) in [6.45, 7) is 2.79. The number of benzene rings is 1. The SMILES string of the molecule is C[C@H]1CCCC(NC(=O)[C@@H]2CCCN2C(=O)CNc2ccccc2C(=[NH2+])C(N)=O)C1. The maximum absolute atomic E-state index is 12.8. The molecule has 3 atom stereocenters. The molecular weight excluding hydrogens is 382 g/mol. The highest BCUT2D eigenvalue weighted by Gasteiger charge is 2.35. The van der Waals surface area contributed by atoms with E-state index in [1.807, 2.05) is 0 Å². The van der Waals surface area contributed by atoms with Crippen LogP contribution in [0.15, 0.2) is 24.3 Å². The molecule has 1 aliphatic carbocycles. The third-order valence-corrected chi connectivity index (χ3v) is 6.07. The third kappa shape index (κ3) is 5.17. The van der Waals surface area contributed by atoms with Crippen molar-refractivity contribution < 1.29 is 19.8 Å². The Morgan fingerprint density at radius 3 is 2.67 bits per heavy atom. The standard InChI is InChI=1S/C22H31N5O3/c1-14-6-4-7-15(12-14)26-22(30)18-10-5-11-27(18)19(28)13-25-17-9-3-2-8-16(17)20(23)21(24)29/h2-3,8-9,14-15,18,23,25H,4-7,10-13H2,1H3,(H2,24,29)(H,26,30)/p+1/t14-,15?,18-/m0/s1. The number of para-hydroxylation sites is 1. The van der Waals surface area contributed by atoms with E-state index in [0.29, 0.717) is 30.1 Å². The Labute approximate surface area is 177 Å². The summed E-state index contributed by atoms with van der Waals surface area (Å²) >= 11 is 0. The third-order valence-electron chi connectivity index (χ3n) is 6.07. The van der Waals surface area contributed by atoms with Crippen molar-refractivity contribution in [2.75, 3.05) is 18.4 Å². The van der Waals surface area contributed by atoms with Gasteiger partial charge in [-0.25, -0.2) is 5.41 Å². The molecule has 0 aromatic heterocycles. The molecular formula is C22H32N5O3+. The minimum Gasteiger partial charge on any atom is -0.375 e. The molecule has 8 nitrogen and oxygen atoms in total. The van der Waals surface area contributed by atoms with Crippen LogP contribution in [0.4, 0.5) is 5.69 Å². The fourth-order valence-electron chi connectivity index (χ4n) is 4.48. The van der Waals surface area contributed by atoms with Crippen molar-refractivity contribution in [3.05, 3.63) is 29.8 Å². The highest BCUT2D eigenvalue weighted by molar-refractivity contribution is 6.43. The van der Waals surface area contributed by atoms with E-state index in [4.69, 9.17) is 11.1 Å². The Hall–Kier alpha value is -2.90. The first-order valence-corrected chi connectivity index (χ1v) is 10.7. The maximum Gasteiger partial charge on any atom is 0.313 e. The molecule has 0 spiro atoms. The smallest absolute Gasteiger partial charge is 0.313 e. The molecule has 1 aromatic carbocycles. The molecule has 1 saturated heterocycles. The summed E-state index contributed by atoms with van der Waals surface area (Å²) < 4.78 is 0. The molecule has 2 fully saturated rings. The van der Waals surface area contributed by atoms with Crippen LogP contribution in [-0.2, 0) is 14.4 Å². The first-order chi connectivity index (χ1) is 14.4. The Morgan fingerprint density at radius 2 is 1.93 bits per heavy atom. The molecule has 162 valence electrons. The van der Waals surface area contributed by atoms with E-state index in [1.165, 1.54) is 6.42 Å². The van der Waals surface area contributed by atoms with Crippen LogP contribution in [0.25, 0.3) is 0 Å². The fourth-order valence-corrected chi connectivity index (χ4v) is 4.48. The first kappa shape index (κ1) is 21.8. The van der Waals surface area contributed by atoms with Gasteiger partial charge in [0, 0.05) is 18.3 Å². The highest BCUT2D eigenvalue weighted by Crippen LogP contribution is 2.25. The lowest BCUT2D eigenvalue weighted by molar-refractivity contribution is -0.137. The Morgan fingerprint density at radius 1 is 1.17 bits per heavy atom. The Balaban J connectivity index is 1.59. The summed E-state index contributed by atoms with van der Waals surface area (Å²) in [5.74, 6) is -0.299. The summed E-state index contributed by atoms with van der Waals surface area (Å²) in [6, 6.07) is 6.71. The van der Waals surface area contributed by atoms with Gasteiger partial charge in [-0.2, -0.15) is 0 Å². The Kier molecular flexibility index (Phi) is 7.07. The van der Waals surface area contributed by atoms with Crippen molar-refractivity contribution in [2.24, 2.45) is 11.7 Å². The number of hydrogen-bond donors (Lipinski definition) is 4. The number of likely N-dealkylation sites (tertiary alicyclic amines) is 1. The molecule has 0 radical (unpaired) electrons. The van der Waals surface area contributed by atoms with E-state index in [0.717, 1.165) is 25.7 Å². The summed E-state index contributed by atoms with van der Waals surface area (Å²) in [5.41, 5.74) is 6.23. The molecule has 1 unspecified atom stereocenters. The lowest BCUT2D eigenvalue weighted by atomic mass is 9.87. The van der Waals surface area contributed by atoms with Crippen LogP contribution in [0.1, 0.15) is 51.0 Å². The largest absolute Gasteiger partial charge is 0.375 e. The minimum absolute atomic E-state index is 0.00724. The quantitative estimate of drug-likeness (QED) is 0.461. The van der Waals surface area contributed by atoms with Gasteiger partial charge in [0.15, 0.2) is 0 Å². The van der Waals surface area contributed by atoms with Gasteiger partial charge in [0.2, 0.25) is 11.8 Å². The van der Waals surface area contributed by atoms with E-state index >= 15 is 0 Å². The average molecular weight is 415 g/mol. The van der Waals surface area contributed by atoms with Crippen LogP contribution in [0.5, 0.6) is 0 Å². The predicted molar refractivity (Wildman–Crippen MR) is 114 cm³/mol. The average Bonchev–Trinajstić information content (AvgIpc) is 3.22. The zero-order valence-corrected chi connectivity index (χ0v) is 17.5. The van der Waals surface area contributed by atoms with Crippen LogP contribution in [-0.4, -0.2) is 53.5 Å². The number of nitrogens with one attached hydrogen (secondary N) is 2. The van der Waals surface area contributed by atoms with Gasteiger partial charge in [-0.1, -0.05) is 31.9 Å². The number of hydrogen-bond acceptors (Lipinski definition) is 4. The van der Waals surface area contributed by atoms with Crippen LogP contribution >= 0.6 is 0 Å². The van der Waals surface area contributed by atoms with Crippen molar-refractivity contribution in [2.45, 2.75) is 57.5 Å². The zero-order chi connectivity index (χ0) is 21.7. The van der Waals surface area contributed by atoms with Crippen LogP contribution in [0.3, 0.4) is 0 Å². The first-order valence-electron chi connectivity index (χ1n) is 10.7. The molecule has 0 bridgehead atoms. The number of primary amides is 1. The van der Waals surface area contributed by atoms with Gasteiger partial charge < -0.3 is 21.3 Å². The molecule has 30 heavy (non-hydrogen) atoms. The van der Waals surface area contributed by atoms with Gasteiger partial charge in [0.05, 0.1) is 12.1 Å². The van der Waals surface area contributed by atoms with Crippen LogP contribution in [0, 0.1) is 5.92 Å². The number of rotatable bonds is 7. The molecule has 1 heterocycles. The second-order valence-electron chi connectivity index (χ2n) is 8.40. The lowest BCUT2D eigenvalue weighted by Crippen LogP contribution is -2.51. The van der Waals surface area contributed by atoms with Crippen LogP contribution < -0.4 is 21.8 Å². The van der Waals surface area contributed by atoms with Crippen molar-refractivity contribution >= 4 is 29.1 Å². The summed E-state index contributed by atoms with van der Waals surface area (Å²) in [5, 5.41) is 12.0. The normalized spacial score (nSPS) is 23.6. The number of anilines is 1. The Bertz CT molecular complexity index is 825. The number of nitrogens with zero attached hydrogens (tertiary/aromatic N) is 1. The fraction of sp³-hybridized carbons (Fsp3) is 0.545. The van der Waals surface area contributed by atoms with E-state index in [-0.39, 0.29) is 30.1 Å². The van der Waals surface area contributed by atoms with Gasteiger partial charge in [0.25, 0.3) is 5.71 Å². The number of amides is 3. The van der Waals surface area contributed by atoms with Gasteiger partial charge in [0.1, 0.15) is 6.04 Å². The summed E-state index contributed by atoms with van der Waals surface area (Å²) in [4.78, 5) is 38.7. The number of nitrogens with two attached hydrogens (primary N) is 2. The van der Waals surface area contributed by atoms with Gasteiger partial charge in [-0.15, -0.1) is 0 Å². The topological polar surface area (TPSA) is 130 Å². The van der Waals surface area contributed by atoms with E-state index in [1.54, 1.807) is 29.2 Å². The monoisotopic (exact) mass is 414 g/mol. The second kappa shape index (κ2) is 9.73. The molecule has 6 N–H and O–H groups in total. The molecule has 1 aliphatic heterocycles. The van der Waals surface area contributed by atoms with E-state index < -0.39 is 11.9 Å². The molecule has 1 aromatic rings. The van der Waals surface area contributed by atoms with Gasteiger partial charge in [-0.3, -0.25) is 14.4 Å². The van der Waals surface area contributed by atoms with E-state index in [9.17, 15) is 14.4 Å². The van der Waals surface area contributed by atoms with Gasteiger partial charge >= 0.3 is 5.91 Å². The van der Waals surface area contributed by atoms with Crippen molar-refractivity contribution in [3.8, 4) is 0 Å². The number of carbonyl (C=O) groups excluding carboxylic acids is 3. The summed E-state index contributed by atoms with van der Waals surface area (Å²) in [7, 11) is 0. The highest BCUT2D eigenvalue weighted by atomic mass is 16.2.